The molecule has 0 N–H and O–H groups in total. The first-order valence-corrected chi connectivity index (χ1v) is 5.34. The molecule has 0 bridgehead atoms. The summed E-state index contributed by atoms with van der Waals surface area (Å²) in [6.45, 7) is 5.95. The fourth-order valence-corrected chi connectivity index (χ4v) is 1.18. The van der Waals surface area contributed by atoms with E-state index in [4.69, 9.17) is 9.47 Å². The van der Waals surface area contributed by atoms with Gasteiger partial charge in [-0.05, 0) is 13.0 Å². The van der Waals surface area contributed by atoms with Gasteiger partial charge in [0, 0.05) is 12.8 Å². The molecular formula is C12H20O3. The minimum atomic E-state index is -0.358. The summed E-state index contributed by atoms with van der Waals surface area (Å²) in [5.74, 6) is -0.0417. The number of rotatable bonds is 3. The molecule has 0 aromatic rings. The van der Waals surface area contributed by atoms with Crippen LogP contribution in [0.3, 0.4) is 0 Å². The van der Waals surface area contributed by atoms with Gasteiger partial charge >= 0.3 is 5.97 Å². The molecule has 0 saturated carbocycles. The van der Waals surface area contributed by atoms with E-state index in [0.29, 0.717) is 5.76 Å². The Balaban J connectivity index is 0.000000921. The van der Waals surface area contributed by atoms with Crippen molar-refractivity contribution in [1.29, 1.82) is 0 Å². The second kappa shape index (κ2) is 8.09. The molecule has 1 unspecified atom stereocenters. The normalized spacial score (nSPS) is 20.1. The second-order valence-electron chi connectivity index (χ2n) is 2.84. The van der Waals surface area contributed by atoms with Gasteiger partial charge in [-0.25, -0.2) is 4.79 Å². The lowest BCUT2D eigenvalue weighted by Gasteiger charge is -2.20. The average molecular weight is 212 g/mol. The second-order valence-corrected chi connectivity index (χ2v) is 2.84. The van der Waals surface area contributed by atoms with Crippen LogP contribution in [0.4, 0.5) is 0 Å². The van der Waals surface area contributed by atoms with E-state index in [1.165, 1.54) is 7.11 Å². The van der Waals surface area contributed by atoms with Crippen LogP contribution >= 0.6 is 0 Å². The highest BCUT2D eigenvalue weighted by Crippen LogP contribution is 2.16. The fraction of sp³-hybridized carbons (Fsp3) is 0.583. The lowest BCUT2D eigenvalue weighted by molar-refractivity contribution is -0.149. The third kappa shape index (κ3) is 4.68. The molecule has 0 fully saturated rings. The quantitative estimate of drug-likeness (QED) is 0.533. The van der Waals surface area contributed by atoms with Gasteiger partial charge < -0.3 is 9.47 Å². The molecule has 86 valence electrons. The zero-order chi connectivity index (χ0) is 11.7. The van der Waals surface area contributed by atoms with Gasteiger partial charge in [0.1, 0.15) is 6.10 Å². The van der Waals surface area contributed by atoms with Gasteiger partial charge in [0.25, 0.3) is 0 Å². The summed E-state index contributed by atoms with van der Waals surface area (Å²) in [5, 5.41) is 0. The van der Waals surface area contributed by atoms with Crippen molar-refractivity contribution in [3.63, 3.8) is 0 Å². The number of methoxy groups -OCH3 is 1. The Morgan fingerprint density at radius 1 is 1.60 bits per heavy atom. The number of cyclic esters (lactones) is 1. The summed E-state index contributed by atoms with van der Waals surface area (Å²) < 4.78 is 9.93. The number of allylic oxidation sites excluding steroid dienone is 1. The van der Waals surface area contributed by atoms with E-state index in [0.717, 1.165) is 12.8 Å². The molecule has 0 aliphatic carbocycles. The van der Waals surface area contributed by atoms with Gasteiger partial charge in [-0.1, -0.05) is 26.0 Å². The first kappa shape index (κ1) is 13.8. The van der Waals surface area contributed by atoms with E-state index >= 15 is 0 Å². The molecule has 3 nitrogen and oxygen atoms in total. The minimum Gasteiger partial charge on any atom is -0.490 e. The molecule has 1 aliphatic heterocycles. The Morgan fingerprint density at radius 2 is 2.27 bits per heavy atom. The number of hydrogen-bond acceptors (Lipinski definition) is 3. The van der Waals surface area contributed by atoms with Gasteiger partial charge in [0.15, 0.2) is 5.76 Å². The van der Waals surface area contributed by atoms with E-state index in [1.54, 1.807) is 6.08 Å². The van der Waals surface area contributed by atoms with Crippen LogP contribution in [-0.4, -0.2) is 19.2 Å². The number of esters is 1. The SMILES string of the molecule is C/C=C\CC1CC=C(OC)C(=O)O1.CC. The Kier molecular flexibility index (Phi) is 7.42. The van der Waals surface area contributed by atoms with Crippen LogP contribution in [0.15, 0.2) is 24.0 Å². The number of carbonyl (C=O) groups excluding carboxylic acids is 1. The Bertz CT molecular complexity index is 241. The monoisotopic (exact) mass is 212 g/mol. The Hall–Kier alpha value is -1.25. The summed E-state index contributed by atoms with van der Waals surface area (Å²) in [7, 11) is 1.47. The van der Waals surface area contributed by atoms with Crippen molar-refractivity contribution in [3.05, 3.63) is 24.0 Å². The number of ether oxygens (including phenoxy) is 2. The molecule has 0 aromatic heterocycles. The highest BCUT2D eigenvalue weighted by atomic mass is 16.6. The van der Waals surface area contributed by atoms with Gasteiger partial charge in [-0.3, -0.25) is 0 Å². The molecular weight excluding hydrogens is 192 g/mol. The van der Waals surface area contributed by atoms with Gasteiger partial charge in [0.05, 0.1) is 7.11 Å². The number of carbonyl (C=O) groups is 1. The lowest BCUT2D eigenvalue weighted by Crippen LogP contribution is -2.23. The number of hydrogen-bond donors (Lipinski definition) is 0. The molecule has 1 heterocycles. The van der Waals surface area contributed by atoms with Crippen LogP contribution in [0.25, 0.3) is 0 Å². The maximum Gasteiger partial charge on any atom is 0.373 e. The molecule has 0 spiro atoms. The third-order valence-electron chi connectivity index (χ3n) is 1.90. The lowest BCUT2D eigenvalue weighted by atomic mass is 10.1. The molecule has 0 saturated heterocycles. The van der Waals surface area contributed by atoms with Crippen LogP contribution in [0, 0.1) is 0 Å². The van der Waals surface area contributed by atoms with Crippen molar-refractivity contribution < 1.29 is 14.3 Å². The van der Waals surface area contributed by atoms with Crippen molar-refractivity contribution >= 4 is 5.97 Å². The highest BCUT2D eigenvalue weighted by Gasteiger charge is 2.22. The van der Waals surface area contributed by atoms with E-state index in [-0.39, 0.29) is 12.1 Å². The van der Waals surface area contributed by atoms with E-state index < -0.39 is 0 Å². The smallest absolute Gasteiger partial charge is 0.373 e. The summed E-state index contributed by atoms with van der Waals surface area (Å²) in [5.41, 5.74) is 0. The molecule has 3 heteroatoms. The highest BCUT2D eigenvalue weighted by molar-refractivity contribution is 5.87. The van der Waals surface area contributed by atoms with Gasteiger partial charge in [-0.15, -0.1) is 0 Å². The first-order valence-electron chi connectivity index (χ1n) is 5.34. The molecule has 0 amide bonds. The van der Waals surface area contributed by atoms with Crippen LogP contribution in [0.5, 0.6) is 0 Å². The predicted octanol–water partition coefficient (Wildman–Crippen LogP) is 2.82. The van der Waals surface area contributed by atoms with Crippen molar-refractivity contribution in [2.75, 3.05) is 7.11 Å². The maximum absolute atomic E-state index is 11.2. The van der Waals surface area contributed by atoms with Crippen molar-refractivity contribution in [2.45, 2.75) is 39.7 Å². The summed E-state index contributed by atoms with van der Waals surface area (Å²) in [6, 6.07) is 0. The zero-order valence-corrected chi connectivity index (χ0v) is 9.95. The van der Waals surface area contributed by atoms with E-state index in [2.05, 4.69) is 0 Å². The van der Waals surface area contributed by atoms with Crippen molar-refractivity contribution in [1.82, 2.24) is 0 Å². The van der Waals surface area contributed by atoms with E-state index in [9.17, 15) is 4.79 Å². The Labute approximate surface area is 91.8 Å². The van der Waals surface area contributed by atoms with Crippen molar-refractivity contribution in [2.24, 2.45) is 0 Å². The molecule has 1 rings (SSSR count). The fourth-order valence-electron chi connectivity index (χ4n) is 1.18. The first-order chi connectivity index (χ1) is 7.27. The summed E-state index contributed by atoms with van der Waals surface area (Å²) in [6.07, 6.45) is 7.20. The van der Waals surface area contributed by atoms with Crippen LogP contribution in [0.2, 0.25) is 0 Å². The predicted molar refractivity (Wildman–Crippen MR) is 60.4 cm³/mol. The molecule has 1 aliphatic rings. The molecule has 0 radical (unpaired) electrons. The average Bonchev–Trinajstić information content (AvgIpc) is 2.29. The van der Waals surface area contributed by atoms with Crippen LogP contribution in [0.1, 0.15) is 33.6 Å². The van der Waals surface area contributed by atoms with E-state index in [1.807, 2.05) is 32.9 Å². The Morgan fingerprint density at radius 3 is 2.73 bits per heavy atom. The molecule has 1 atom stereocenters. The largest absolute Gasteiger partial charge is 0.490 e. The zero-order valence-electron chi connectivity index (χ0n) is 9.95. The van der Waals surface area contributed by atoms with Crippen LogP contribution < -0.4 is 0 Å². The summed E-state index contributed by atoms with van der Waals surface area (Å²) in [4.78, 5) is 11.2. The molecule has 15 heavy (non-hydrogen) atoms. The standard InChI is InChI=1S/C10H14O3.C2H6/c1-3-4-5-8-6-7-9(12-2)10(11)13-8;1-2/h3-4,7-8H,5-6H2,1-2H3;1-2H3/b4-3-;. The minimum absolute atomic E-state index is 0.0254. The topological polar surface area (TPSA) is 35.5 Å². The third-order valence-corrected chi connectivity index (χ3v) is 1.90. The van der Waals surface area contributed by atoms with Crippen LogP contribution in [-0.2, 0) is 14.3 Å². The van der Waals surface area contributed by atoms with Crippen molar-refractivity contribution in [3.8, 4) is 0 Å². The molecule has 0 aromatic carbocycles. The van der Waals surface area contributed by atoms with Gasteiger partial charge in [0.2, 0.25) is 0 Å². The summed E-state index contributed by atoms with van der Waals surface area (Å²) >= 11 is 0. The maximum atomic E-state index is 11.2. The van der Waals surface area contributed by atoms with Gasteiger partial charge in [-0.2, -0.15) is 0 Å².